The SMILES string of the molecule is CC1(C2CC2)NC(=O)N(CC(=O)Nc2ccc(N3CCCCCC3)cc2)C1=O. The molecule has 150 valence electrons. The molecule has 0 spiro atoms. The summed E-state index contributed by atoms with van der Waals surface area (Å²) in [6.07, 6.45) is 6.87. The van der Waals surface area contributed by atoms with Crippen molar-refractivity contribution in [3.8, 4) is 0 Å². The van der Waals surface area contributed by atoms with Crippen LogP contribution in [0.2, 0.25) is 0 Å². The number of carbonyl (C=O) groups excluding carboxylic acids is 3. The van der Waals surface area contributed by atoms with Gasteiger partial charge in [0.2, 0.25) is 5.91 Å². The normalized spacial score (nSPS) is 25.5. The number of rotatable bonds is 5. The molecule has 1 aliphatic carbocycles. The van der Waals surface area contributed by atoms with Gasteiger partial charge in [-0.1, -0.05) is 12.8 Å². The maximum atomic E-state index is 12.6. The lowest BCUT2D eigenvalue weighted by molar-refractivity contribution is -0.134. The summed E-state index contributed by atoms with van der Waals surface area (Å²) in [6, 6.07) is 7.29. The Labute approximate surface area is 165 Å². The fourth-order valence-electron chi connectivity index (χ4n) is 4.23. The number of hydrogen-bond acceptors (Lipinski definition) is 4. The van der Waals surface area contributed by atoms with E-state index in [1.165, 1.54) is 25.7 Å². The molecule has 4 rings (SSSR count). The summed E-state index contributed by atoms with van der Waals surface area (Å²) < 4.78 is 0. The highest BCUT2D eigenvalue weighted by Gasteiger charge is 2.56. The molecule has 3 aliphatic rings. The van der Waals surface area contributed by atoms with E-state index in [4.69, 9.17) is 0 Å². The fourth-order valence-corrected chi connectivity index (χ4v) is 4.23. The van der Waals surface area contributed by atoms with Gasteiger partial charge in [-0.25, -0.2) is 4.79 Å². The third-order valence-electron chi connectivity index (χ3n) is 6.12. The lowest BCUT2D eigenvalue weighted by Gasteiger charge is -2.23. The molecule has 7 heteroatoms. The van der Waals surface area contributed by atoms with Crippen LogP contribution in [0.15, 0.2) is 24.3 Å². The van der Waals surface area contributed by atoms with Gasteiger partial charge >= 0.3 is 6.03 Å². The number of amides is 4. The minimum absolute atomic E-state index is 0.184. The van der Waals surface area contributed by atoms with Crippen molar-refractivity contribution >= 4 is 29.2 Å². The van der Waals surface area contributed by atoms with Gasteiger partial charge in [0.05, 0.1) is 0 Å². The van der Waals surface area contributed by atoms with Crippen LogP contribution in [-0.4, -0.2) is 47.9 Å². The van der Waals surface area contributed by atoms with Gasteiger partial charge in [-0.05, 0) is 62.8 Å². The zero-order valence-electron chi connectivity index (χ0n) is 16.4. The Kier molecular flexibility index (Phi) is 5.00. The first-order chi connectivity index (χ1) is 13.5. The molecule has 1 unspecified atom stereocenters. The van der Waals surface area contributed by atoms with Crippen molar-refractivity contribution in [2.75, 3.05) is 29.9 Å². The van der Waals surface area contributed by atoms with Crippen molar-refractivity contribution in [3.05, 3.63) is 24.3 Å². The van der Waals surface area contributed by atoms with E-state index in [1.54, 1.807) is 6.92 Å². The van der Waals surface area contributed by atoms with Crippen LogP contribution in [0.25, 0.3) is 0 Å². The second kappa shape index (κ2) is 7.45. The number of benzene rings is 1. The maximum absolute atomic E-state index is 12.6. The summed E-state index contributed by atoms with van der Waals surface area (Å²) in [5.74, 6) is -0.485. The van der Waals surface area contributed by atoms with Gasteiger partial charge in [-0.3, -0.25) is 14.5 Å². The largest absolute Gasteiger partial charge is 0.372 e. The predicted molar refractivity (Wildman–Crippen MR) is 107 cm³/mol. The highest BCUT2D eigenvalue weighted by Crippen LogP contribution is 2.42. The number of urea groups is 1. The molecule has 0 radical (unpaired) electrons. The quantitative estimate of drug-likeness (QED) is 0.765. The number of imide groups is 1. The minimum Gasteiger partial charge on any atom is -0.372 e. The number of nitrogens with one attached hydrogen (secondary N) is 2. The van der Waals surface area contributed by atoms with Crippen molar-refractivity contribution < 1.29 is 14.4 Å². The smallest absolute Gasteiger partial charge is 0.325 e. The molecule has 7 nitrogen and oxygen atoms in total. The molecule has 2 aliphatic heterocycles. The van der Waals surface area contributed by atoms with E-state index in [1.807, 2.05) is 24.3 Å². The van der Waals surface area contributed by atoms with E-state index in [0.717, 1.165) is 36.5 Å². The molecular formula is C21H28N4O3. The molecule has 0 bridgehead atoms. The summed E-state index contributed by atoms with van der Waals surface area (Å²) in [6.45, 7) is 3.63. The Morgan fingerprint density at radius 3 is 2.36 bits per heavy atom. The van der Waals surface area contributed by atoms with Crippen LogP contribution < -0.4 is 15.5 Å². The van der Waals surface area contributed by atoms with Gasteiger partial charge in [-0.15, -0.1) is 0 Å². The summed E-state index contributed by atoms with van der Waals surface area (Å²) in [7, 11) is 0. The van der Waals surface area contributed by atoms with Crippen LogP contribution in [-0.2, 0) is 9.59 Å². The second-order valence-corrected chi connectivity index (χ2v) is 8.29. The number of carbonyl (C=O) groups is 3. The molecular weight excluding hydrogens is 356 g/mol. The summed E-state index contributed by atoms with van der Waals surface area (Å²) in [5, 5.41) is 5.56. The number of nitrogens with zero attached hydrogens (tertiary/aromatic N) is 2. The van der Waals surface area contributed by atoms with E-state index in [0.29, 0.717) is 5.69 Å². The lowest BCUT2D eigenvalue weighted by Crippen LogP contribution is -2.46. The predicted octanol–water partition coefficient (Wildman–Crippen LogP) is 2.73. The Hall–Kier alpha value is -2.57. The summed E-state index contributed by atoms with van der Waals surface area (Å²) in [5.41, 5.74) is 0.974. The van der Waals surface area contributed by atoms with E-state index in [9.17, 15) is 14.4 Å². The lowest BCUT2D eigenvalue weighted by atomic mass is 9.96. The average Bonchev–Trinajstić information content (AvgIpc) is 3.51. The van der Waals surface area contributed by atoms with E-state index in [2.05, 4.69) is 15.5 Å². The van der Waals surface area contributed by atoms with Crippen molar-refractivity contribution in [2.45, 2.75) is 51.0 Å². The van der Waals surface area contributed by atoms with Crippen LogP contribution in [0.3, 0.4) is 0 Å². The van der Waals surface area contributed by atoms with Gasteiger partial charge in [0, 0.05) is 24.5 Å². The maximum Gasteiger partial charge on any atom is 0.325 e. The summed E-state index contributed by atoms with van der Waals surface area (Å²) in [4.78, 5) is 40.6. The molecule has 1 aromatic rings. The van der Waals surface area contributed by atoms with Crippen LogP contribution >= 0.6 is 0 Å². The van der Waals surface area contributed by atoms with Crippen molar-refractivity contribution in [1.82, 2.24) is 10.2 Å². The molecule has 4 amide bonds. The molecule has 2 heterocycles. The highest BCUT2D eigenvalue weighted by atomic mass is 16.2. The number of hydrogen-bond donors (Lipinski definition) is 2. The van der Waals surface area contributed by atoms with Gasteiger partial charge in [0.15, 0.2) is 0 Å². The van der Waals surface area contributed by atoms with Gasteiger partial charge < -0.3 is 15.5 Å². The zero-order valence-corrected chi connectivity index (χ0v) is 16.4. The standard InChI is InChI=1S/C21H28N4O3/c1-21(15-6-7-15)19(27)25(20(28)23-21)14-18(26)22-16-8-10-17(11-9-16)24-12-4-2-3-5-13-24/h8-11,15H,2-7,12-14H2,1H3,(H,22,26)(H,23,28). The third kappa shape index (κ3) is 3.70. The Balaban J connectivity index is 1.35. The van der Waals surface area contributed by atoms with Gasteiger partial charge in [0.25, 0.3) is 5.91 Å². The van der Waals surface area contributed by atoms with Gasteiger partial charge in [-0.2, -0.15) is 0 Å². The topological polar surface area (TPSA) is 81.8 Å². The van der Waals surface area contributed by atoms with E-state index in [-0.39, 0.29) is 24.3 Å². The Morgan fingerprint density at radius 2 is 1.75 bits per heavy atom. The Morgan fingerprint density at radius 1 is 1.11 bits per heavy atom. The van der Waals surface area contributed by atoms with Crippen LogP contribution in [0.5, 0.6) is 0 Å². The fraction of sp³-hybridized carbons (Fsp3) is 0.571. The first-order valence-corrected chi connectivity index (χ1v) is 10.3. The van der Waals surface area contributed by atoms with Crippen molar-refractivity contribution in [2.24, 2.45) is 5.92 Å². The third-order valence-corrected chi connectivity index (χ3v) is 6.12. The average molecular weight is 384 g/mol. The molecule has 0 aromatic heterocycles. The zero-order chi connectivity index (χ0) is 19.7. The summed E-state index contributed by atoms with van der Waals surface area (Å²) >= 11 is 0. The van der Waals surface area contributed by atoms with E-state index >= 15 is 0 Å². The van der Waals surface area contributed by atoms with Crippen molar-refractivity contribution in [1.29, 1.82) is 0 Å². The minimum atomic E-state index is -0.855. The first kappa shape index (κ1) is 18.8. The molecule has 1 atom stereocenters. The number of anilines is 2. The van der Waals surface area contributed by atoms with Crippen molar-refractivity contribution in [3.63, 3.8) is 0 Å². The van der Waals surface area contributed by atoms with E-state index < -0.39 is 11.6 Å². The Bertz CT molecular complexity index is 766. The first-order valence-electron chi connectivity index (χ1n) is 10.3. The van der Waals surface area contributed by atoms with Crippen LogP contribution in [0.1, 0.15) is 45.4 Å². The molecule has 2 N–H and O–H groups in total. The molecule has 2 saturated heterocycles. The second-order valence-electron chi connectivity index (χ2n) is 8.29. The molecule has 1 aromatic carbocycles. The molecule has 1 saturated carbocycles. The molecule has 28 heavy (non-hydrogen) atoms. The van der Waals surface area contributed by atoms with Crippen LogP contribution in [0, 0.1) is 5.92 Å². The van der Waals surface area contributed by atoms with Gasteiger partial charge in [0.1, 0.15) is 12.1 Å². The van der Waals surface area contributed by atoms with Crippen LogP contribution in [0.4, 0.5) is 16.2 Å². The molecule has 3 fully saturated rings. The highest BCUT2D eigenvalue weighted by molar-refractivity contribution is 6.10. The monoisotopic (exact) mass is 384 g/mol.